The van der Waals surface area contributed by atoms with Crippen LogP contribution in [-0.2, 0) is 14.3 Å². The Labute approximate surface area is 189 Å². The van der Waals surface area contributed by atoms with Crippen molar-refractivity contribution >= 4 is 23.4 Å². The van der Waals surface area contributed by atoms with E-state index in [1.54, 1.807) is 19.9 Å². The number of benzene rings is 2. The van der Waals surface area contributed by atoms with E-state index >= 15 is 0 Å². The van der Waals surface area contributed by atoms with Crippen molar-refractivity contribution in [2.24, 2.45) is 5.73 Å². The number of aryl methyl sites for hydroxylation is 1. The average molecular weight is 452 g/mol. The second kappa shape index (κ2) is 9.58. The van der Waals surface area contributed by atoms with Crippen molar-refractivity contribution in [3.63, 3.8) is 0 Å². The lowest BCUT2D eigenvalue weighted by Crippen LogP contribution is -2.26. The molecule has 0 saturated carbocycles. The van der Waals surface area contributed by atoms with Gasteiger partial charge >= 0.3 is 5.97 Å². The molecule has 2 aromatic carbocycles. The van der Waals surface area contributed by atoms with E-state index in [0.717, 1.165) is 10.5 Å². The third-order valence-electron chi connectivity index (χ3n) is 4.86. The highest BCUT2D eigenvalue weighted by molar-refractivity contribution is 7.99. The maximum atomic E-state index is 12.8. The fourth-order valence-corrected chi connectivity index (χ4v) is 4.32. The first-order chi connectivity index (χ1) is 15.3. The number of nitro groups is 1. The Kier molecular flexibility index (Phi) is 6.85. The number of nitrogens with zero attached hydrogens (tertiary/aromatic N) is 2. The summed E-state index contributed by atoms with van der Waals surface area (Å²) in [5, 5.41) is 21.3. The molecule has 9 heteroatoms. The molecule has 2 aromatic rings. The average Bonchev–Trinajstić information content (AvgIpc) is 2.75. The predicted molar refractivity (Wildman–Crippen MR) is 118 cm³/mol. The van der Waals surface area contributed by atoms with Gasteiger partial charge in [-0.2, -0.15) is 5.26 Å². The lowest BCUT2D eigenvalue weighted by atomic mass is 9.83. The Morgan fingerprint density at radius 1 is 1.28 bits per heavy atom. The first-order valence-electron chi connectivity index (χ1n) is 9.75. The van der Waals surface area contributed by atoms with E-state index in [4.69, 9.17) is 15.2 Å². The van der Waals surface area contributed by atoms with E-state index in [1.807, 2.05) is 37.3 Å². The van der Waals surface area contributed by atoms with Gasteiger partial charge in [-0.1, -0.05) is 29.5 Å². The molecule has 0 spiro atoms. The fraction of sp³-hybridized carbons (Fsp3) is 0.217. The quantitative estimate of drug-likeness (QED) is 0.380. The number of hydrogen-bond acceptors (Lipinski definition) is 8. The summed E-state index contributed by atoms with van der Waals surface area (Å²) < 4.78 is 10.6. The number of nitrogens with two attached hydrogens (primary N) is 1. The molecular weight excluding hydrogens is 430 g/mol. The van der Waals surface area contributed by atoms with E-state index in [1.165, 1.54) is 23.9 Å². The highest BCUT2D eigenvalue weighted by Gasteiger charge is 2.38. The van der Waals surface area contributed by atoms with Crippen molar-refractivity contribution in [2.75, 3.05) is 6.61 Å². The van der Waals surface area contributed by atoms with Gasteiger partial charge in [0, 0.05) is 21.9 Å². The van der Waals surface area contributed by atoms with Gasteiger partial charge in [-0.25, -0.2) is 4.79 Å². The SMILES string of the molecule is CCOC(=O)C1=C(C)OC(N)=C(C#N)C1c1cc([N+](=O)[O-])ccc1Sc1ccc(C)cc1. The molecule has 32 heavy (non-hydrogen) atoms. The largest absolute Gasteiger partial charge is 0.463 e. The molecule has 0 bridgehead atoms. The molecule has 1 aliphatic rings. The number of hydrogen-bond donors (Lipinski definition) is 1. The standard InChI is InChI=1S/C23H21N3O5S/c1-4-30-23(27)20-14(3)31-22(25)18(12-24)21(20)17-11-15(26(28)29)7-10-19(17)32-16-8-5-13(2)6-9-16/h5-11,21H,4,25H2,1-3H3. The van der Waals surface area contributed by atoms with Gasteiger partial charge in [-0.15, -0.1) is 0 Å². The minimum Gasteiger partial charge on any atom is -0.463 e. The number of nitriles is 1. The molecule has 3 rings (SSSR count). The molecule has 0 radical (unpaired) electrons. The van der Waals surface area contributed by atoms with Gasteiger partial charge in [0.15, 0.2) is 0 Å². The normalized spacial score (nSPS) is 15.8. The number of esters is 1. The van der Waals surface area contributed by atoms with Crippen molar-refractivity contribution in [3.05, 3.63) is 86.5 Å². The lowest BCUT2D eigenvalue weighted by molar-refractivity contribution is -0.385. The summed E-state index contributed by atoms with van der Waals surface area (Å²) in [6, 6.07) is 14.1. The first-order valence-corrected chi connectivity index (χ1v) is 10.6. The van der Waals surface area contributed by atoms with Crippen molar-refractivity contribution in [3.8, 4) is 6.07 Å². The zero-order valence-electron chi connectivity index (χ0n) is 17.7. The summed E-state index contributed by atoms with van der Waals surface area (Å²) in [5.41, 5.74) is 7.37. The number of nitro benzene ring substituents is 1. The molecule has 0 aliphatic carbocycles. The van der Waals surface area contributed by atoms with Gasteiger partial charge in [-0.3, -0.25) is 10.1 Å². The first kappa shape index (κ1) is 22.9. The Morgan fingerprint density at radius 3 is 2.56 bits per heavy atom. The molecule has 164 valence electrons. The molecular formula is C23H21N3O5S. The Bertz CT molecular complexity index is 1180. The predicted octanol–water partition coefficient (Wildman–Crippen LogP) is 4.70. The van der Waals surface area contributed by atoms with Gasteiger partial charge in [-0.05, 0) is 44.5 Å². The summed E-state index contributed by atoms with van der Waals surface area (Å²) in [5.74, 6) is -1.61. The molecule has 1 atom stereocenters. The number of rotatable bonds is 6. The van der Waals surface area contributed by atoms with E-state index in [-0.39, 0.29) is 35.1 Å². The Morgan fingerprint density at radius 2 is 1.97 bits per heavy atom. The molecule has 0 aromatic heterocycles. The van der Waals surface area contributed by atoms with E-state index < -0.39 is 16.8 Å². The van der Waals surface area contributed by atoms with Crippen molar-refractivity contribution in [2.45, 2.75) is 36.5 Å². The molecule has 2 N–H and O–H groups in total. The van der Waals surface area contributed by atoms with E-state index in [0.29, 0.717) is 10.5 Å². The van der Waals surface area contributed by atoms with Crippen LogP contribution in [0.4, 0.5) is 5.69 Å². The van der Waals surface area contributed by atoms with Crippen LogP contribution in [0.5, 0.6) is 0 Å². The maximum absolute atomic E-state index is 12.8. The van der Waals surface area contributed by atoms with Gasteiger partial charge in [0.25, 0.3) is 5.69 Å². The zero-order valence-corrected chi connectivity index (χ0v) is 18.6. The van der Waals surface area contributed by atoms with E-state index in [2.05, 4.69) is 0 Å². The zero-order chi connectivity index (χ0) is 23.4. The highest BCUT2D eigenvalue weighted by Crippen LogP contribution is 2.45. The highest BCUT2D eigenvalue weighted by atomic mass is 32.2. The summed E-state index contributed by atoms with van der Waals surface area (Å²) in [7, 11) is 0. The molecule has 1 unspecified atom stereocenters. The van der Waals surface area contributed by atoms with Crippen LogP contribution in [0.3, 0.4) is 0 Å². The van der Waals surface area contributed by atoms with Crippen LogP contribution in [-0.4, -0.2) is 17.5 Å². The third-order valence-corrected chi connectivity index (χ3v) is 5.96. The summed E-state index contributed by atoms with van der Waals surface area (Å²) >= 11 is 1.37. The monoisotopic (exact) mass is 451 g/mol. The Balaban J connectivity index is 2.24. The number of ether oxygens (including phenoxy) is 2. The number of allylic oxidation sites excluding steroid dienone is 2. The minimum atomic E-state index is -0.972. The van der Waals surface area contributed by atoms with Gasteiger partial charge in [0.1, 0.15) is 17.4 Å². The van der Waals surface area contributed by atoms with Crippen molar-refractivity contribution in [1.29, 1.82) is 5.26 Å². The van der Waals surface area contributed by atoms with Crippen molar-refractivity contribution in [1.82, 2.24) is 0 Å². The molecule has 8 nitrogen and oxygen atoms in total. The number of carbonyl (C=O) groups excluding carboxylic acids is 1. The van der Waals surface area contributed by atoms with Crippen LogP contribution in [0.2, 0.25) is 0 Å². The summed E-state index contributed by atoms with van der Waals surface area (Å²) in [6.45, 7) is 5.29. The van der Waals surface area contributed by atoms with Crippen LogP contribution in [0.15, 0.2) is 75.0 Å². The third kappa shape index (κ3) is 4.60. The second-order valence-electron chi connectivity index (χ2n) is 7.01. The molecule has 0 fully saturated rings. The molecule has 1 heterocycles. The summed E-state index contributed by atoms with van der Waals surface area (Å²) in [6.07, 6.45) is 0. The van der Waals surface area contributed by atoms with Crippen LogP contribution < -0.4 is 5.73 Å². The van der Waals surface area contributed by atoms with Crippen LogP contribution in [0.25, 0.3) is 0 Å². The molecule has 0 saturated heterocycles. The van der Waals surface area contributed by atoms with Crippen LogP contribution in [0.1, 0.15) is 30.9 Å². The van der Waals surface area contributed by atoms with Gasteiger partial charge in [0.2, 0.25) is 5.88 Å². The maximum Gasteiger partial charge on any atom is 0.338 e. The number of non-ortho nitro benzene ring substituents is 1. The smallest absolute Gasteiger partial charge is 0.338 e. The fourth-order valence-electron chi connectivity index (χ4n) is 3.37. The van der Waals surface area contributed by atoms with Gasteiger partial charge in [0.05, 0.1) is 23.0 Å². The molecule has 0 amide bonds. The van der Waals surface area contributed by atoms with E-state index in [9.17, 15) is 20.2 Å². The Hall–Kier alpha value is -3.77. The number of carbonyl (C=O) groups is 1. The van der Waals surface area contributed by atoms with Crippen molar-refractivity contribution < 1.29 is 19.2 Å². The second-order valence-corrected chi connectivity index (χ2v) is 8.12. The van der Waals surface area contributed by atoms with Crippen LogP contribution in [0, 0.1) is 28.4 Å². The molecule has 1 aliphatic heterocycles. The van der Waals surface area contributed by atoms with Gasteiger partial charge < -0.3 is 15.2 Å². The minimum absolute atomic E-state index is 0.00935. The lowest BCUT2D eigenvalue weighted by Gasteiger charge is -2.28. The summed E-state index contributed by atoms with van der Waals surface area (Å²) in [4.78, 5) is 25.3. The van der Waals surface area contributed by atoms with Crippen LogP contribution >= 0.6 is 11.8 Å². The topological polar surface area (TPSA) is 128 Å².